The van der Waals surface area contributed by atoms with Gasteiger partial charge in [-0.15, -0.1) is 0 Å². The van der Waals surface area contributed by atoms with Crippen LogP contribution in [-0.2, 0) is 6.54 Å². The highest BCUT2D eigenvalue weighted by Gasteiger charge is 2.14. The lowest BCUT2D eigenvalue weighted by Crippen LogP contribution is -2.34. The van der Waals surface area contributed by atoms with Gasteiger partial charge in [0.25, 0.3) is 0 Å². The fourth-order valence-electron chi connectivity index (χ4n) is 2.35. The van der Waals surface area contributed by atoms with Crippen LogP contribution in [0.1, 0.15) is 58.2 Å². The van der Waals surface area contributed by atoms with Crippen molar-refractivity contribution in [3.05, 3.63) is 23.4 Å². The predicted octanol–water partition coefficient (Wildman–Crippen LogP) is 3.90. The van der Waals surface area contributed by atoms with Crippen molar-refractivity contribution < 1.29 is 0 Å². The molecule has 1 atom stereocenters. The first-order valence-electron chi connectivity index (χ1n) is 8.07. The molecular formula is C17H31N3. The van der Waals surface area contributed by atoms with Crippen molar-refractivity contribution in [3.8, 4) is 0 Å². The smallest absolute Gasteiger partial charge is 0.129 e. The zero-order valence-electron chi connectivity index (χ0n) is 13.9. The summed E-state index contributed by atoms with van der Waals surface area (Å²) < 4.78 is 0. The van der Waals surface area contributed by atoms with Crippen molar-refractivity contribution in [3.63, 3.8) is 0 Å². The second-order valence-corrected chi connectivity index (χ2v) is 5.56. The van der Waals surface area contributed by atoms with E-state index in [9.17, 15) is 0 Å². The van der Waals surface area contributed by atoms with Crippen molar-refractivity contribution in [2.24, 2.45) is 0 Å². The van der Waals surface area contributed by atoms with Gasteiger partial charge in [-0.05, 0) is 50.9 Å². The molecule has 1 aromatic heterocycles. The van der Waals surface area contributed by atoms with E-state index < -0.39 is 0 Å². The third-order valence-electron chi connectivity index (χ3n) is 3.75. The van der Waals surface area contributed by atoms with Crippen LogP contribution in [0.4, 0.5) is 5.82 Å². The van der Waals surface area contributed by atoms with Gasteiger partial charge in [0.05, 0.1) is 0 Å². The Kier molecular flexibility index (Phi) is 7.60. The summed E-state index contributed by atoms with van der Waals surface area (Å²) in [6.07, 6.45) is 3.60. The molecule has 1 heterocycles. The van der Waals surface area contributed by atoms with Gasteiger partial charge >= 0.3 is 0 Å². The van der Waals surface area contributed by atoms with Crippen molar-refractivity contribution in [1.29, 1.82) is 0 Å². The maximum atomic E-state index is 4.76. The molecule has 1 N–H and O–H groups in total. The number of aromatic nitrogens is 1. The van der Waals surface area contributed by atoms with Gasteiger partial charge in [-0.25, -0.2) is 4.98 Å². The normalized spacial score (nSPS) is 12.4. The molecule has 0 saturated carbocycles. The Morgan fingerprint density at radius 3 is 2.60 bits per heavy atom. The van der Waals surface area contributed by atoms with E-state index in [2.05, 4.69) is 57.0 Å². The van der Waals surface area contributed by atoms with E-state index in [-0.39, 0.29) is 0 Å². The number of nitrogens with zero attached hydrogens (tertiary/aromatic N) is 2. The number of hydrogen-bond donors (Lipinski definition) is 1. The van der Waals surface area contributed by atoms with E-state index in [1.807, 2.05) is 0 Å². The Balaban J connectivity index is 2.95. The van der Waals surface area contributed by atoms with E-state index in [1.165, 1.54) is 18.4 Å². The van der Waals surface area contributed by atoms with Crippen LogP contribution in [0.15, 0.2) is 12.1 Å². The van der Waals surface area contributed by atoms with Gasteiger partial charge in [0.15, 0.2) is 0 Å². The summed E-state index contributed by atoms with van der Waals surface area (Å²) in [5.74, 6) is 1.14. The number of pyridine rings is 1. The molecule has 0 aliphatic heterocycles. The number of unbranched alkanes of at least 4 members (excludes halogenated alkanes) is 1. The van der Waals surface area contributed by atoms with E-state index in [0.717, 1.165) is 37.6 Å². The van der Waals surface area contributed by atoms with Crippen molar-refractivity contribution in [1.82, 2.24) is 10.3 Å². The van der Waals surface area contributed by atoms with Gasteiger partial charge in [0.1, 0.15) is 5.82 Å². The zero-order valence-corrected chi connectivity index (χ0v) is 13.9. The first-order valence-corrected chi connectivity index (χ1v) is 8.07. The molecule has 0 aliphatic carbocycles. The first kappa shape index (κ1) is 17.0. The standard InChI is InChI=1S/C17H31N3/c1-6-9-10-20(15(5)7-2)17-12-16(13-18-8-3)11-14(4)19-17/h11-12,15,18H,6-10,13H2,1-5H3. The molecule has 1 aromatic rings. The fourth-order valence-corrected chi connectivity index (χ4v) is 2.35. The summed E-state index contributed by atoms with van der Waals surface area (Å²) in [5, 5.41) is 3.40. The Morgan fingerprint density at radius 2 is 2.00 bits per heavy atom. The Bertz CT molecular complexity index is 390. The van der Waals surface area contributed by atoms with Crippen molar-refractivity contribution >= 4 is 5.82 Å². The maximum absolute atomic E-state index is 4.76. The van der Waals surface area contributed by atoms with Gasteiger partial charge in [-0.2, -0.15) is 0 Å². The molecule has 114 valence electrons. The summed E-state index contributed by atoms with van der Waals surface area (Å²) in [5.41, 5.74) is 2.44. The summed E-state index contributed by atoms with van der Waals surface area (Å²) >= 11 is 0. The molecule has 0 saturated heterocycles. The minimum absolute atomic E-state index is 0.544. The maximum Gasteiger partial charge on any atom is 0.129 e. The summed E-state index contributed by atoms with van der Waals surface area (Å²) in [6, 6.07) is 4.97. The SMILES string of the molecule is CCCCN(c1cc(CNCC)cc(C)n1)C(C)CC. The highest BCUT2D eigenvalue weighted by Crippen LogP contribution is 2.19. The van der Waals surface area contributed by atoms with Gasteiger partial charge < -0.3 is 10.2 Å². The first-order chi connectivity index (χ1) is 9.62. The lowest BCUT2D eigenvalue weighted by atomic mass is 10.1. The molecule has 0 spiro atoms. The minimum atomic E-state index is 0.544. The zero-order chi connectivity index (χ0) is 15.0. The van der Waals surface area contributed by atoms with Crippen LogP contribution in [0, 0.1) is 6.92 Å². The fraction of sp³-hybridized carbons (Fsp3) is 0.706. The van der Waals surface area contributed by atoms with Crippen LogP contribution < -0.4 is 10.2 Å². The third-order valence-corrected chi connectivity index (χ3v) is 3.75. The molecule has 3 nitrogen and oxygen atoms in total. The second-order valence-electron chi connectivity index (χ2n) is 5.56. The highest BCUT2D eigenvalue weighted by molar-refractivity contribution is 5.43. The monoisotopic (exact) mass is 277 g/mol. The highest BCUT2D eigenvalue weighted by atomic mass is 15.2. The lowest BCUT2D eigenvalue weighted by molar-refractivity contribution is 0.588. The Labute approximate surface area is 124 Å². The number of anilines is 1. The van der Waals surface area contributed by atoms with Gasteiger partial charge in [0.2, 0.25) is 0 Å². The van der Waals surface area contributed by atoms with Crippen LogP contribution in [0.25, 0.3) is 0 Å². The van der Waals surface area contributed by atoms with Gasteiger partial charge in [-0.3, -0.25) is 0 Å². The van der Waals surface area contributed by atoms with E-state index in [4.69, 9.17) is 4.98 Å². The molecule has 0 aromatic carbocycles. The van der Waals surface area contributed by atoms with Gasteiger partial charge in [0, 0.05) is 24.8 Å². The van der Waals surface area contributed by atoms with Crippen molar-refractivity contribution in [2.45, 2.75) is 66.5 Å². The molecule has 0 bridgehead atoms. The van der Waals surface area contributed by atoms with Crippen LogP contribution in [-0.4, -0.2) is 24.1 Å². The largest absolute Gasteiger partial charge is 0.354 e. The van der Waals surface area contributed by atoms with Crippen LogP contribution >= 0.6 is 0 Å². The quantitative estimate of drug-likeness (QED) is 0.742. The number of aryl methyl sites for hydroxylation is 1. The average Bonchev–Trinajstić information content (AvgIpc) is 2.44. The van der Waals surface area contributed by atoms with Crippen LogP contribution in [0.2, 0.25) is 0 Å². The summed E-state index contributed by atoms with van der Waals surface area (Å²) in [7, 11) is 0. The molecule has 0 amide bonds. The number of nitrogens with one attached hydrogen (secondary N) is 1. The second kappa shape index (κ2) is 8.96. The van der Waals surface area contributed by atoms with Crippen LogP contribution in [0.3, 0.4) is 0 Å². The summed E-state index contributed by atoms with van der Waals surface area (Å²) in [4.78, 5) is 7.23. The molecule has 20 heavy (non-hydrogen) atoms. The molecule has 1 unspecified atom stereocenters. The Morgan fingerprint density at radius 1 is 1.25 bits per heavy atom. The van der Waals surface area contributed by atoms with Crippen molar-refractivity contribution in [2.75, 3.05) is 18.0 Å². The Hall–Kier alpha value is -1.09. The van der Waals surface area contributed by atoms with E-state index >= 15 is 0 Å². The van der Waals surface area contributed by atoms with E-state index in [0.29, 0.717) is 6.04 Å². The molecule has 1 rings (SSSR count). The topological polar surface area (TPSA) is 28.2 Å². The average molecular weight is 277 g/mol. The van der Waals surface area contributed by atoms with Crippen LogP contribution in [0.5, 0.6) is 0 Å². The predicted molar refractivity (Wildman–Crippen MR) is 88.4 cm³/mol. The molecule has 0 radical (unpaired) electrons. The number of rotatable bonds is 9. The molecule has 0 aliphatic rings. The van der Waals surface area contributed by atoms with E-state index in [1.54, 1.807) is 0 Å². The summed E-state index contributed by atoms with van der Waals surface area (Å²) in [6.45, 7) is 14.0. The lowest BCUT2D eigenvalue weighted by Gasteiger charge is -2.30. The minimum Gasteiger partial charge on any atom is -0.354 e. The van der Waals surface area contributed by atoms with Gasteiger partial charge in [-0.1, -0.05) is 27.2 Å². The molecular weight excluding hydrogens is 246 g/mol. The molecule has 3 heteroatoms. The molecule has 0 fully saturated rings. The third kappa shape index (κ3) is 5.12. The number of hydrogen-bond acceptors (Lipinski definition) is 3.